The van der Waals surface area contributed by atoms with E-state index in [-0.39, 0.29) is 19.0 Å². The van der Waals surface area contributed by atoms with Crippen molar-refractivity contribution in [1.82, 2.24) is 5.32 Å². The summed E-state index contributed by atoms with van der Waals surface area (Å²) in [6.07, 6.45) is 1.29. The van der Waals surface area contributed by atoms with Crippen molar-refractivity contribution in [2.45, 2.75) is 45.5 Å². The zero-order valence-corrected chi connectivity index (χ0v) is 17.8. The van der Waals surface area contributed by atoms with Crippen molar-refractivity contribution < 1.29 is 23.2 Å². The summed E-state index contributed by atoms with van der Waals surface area (Å²) in [7, 11) is -0.644. The predicted octanol–water partition coefficient (Wildman–Crippen LogP) is 4.77. The Morgan fingerprint density at radius 2 is 1.63 bits per heavy atom. The first-order chi connectivity index (χ1) is 14.2. The van der Waals surface area contributed by atoms with E-state index in [4.69, 9.17) is 14.0 Å². The van der Waals surface area contributed by atoms with Crippen LogP contribution in [-0.2, 0) is 20.7 Å². The summed E-state index contributed by atoms with van der Waals surface area (Å²) < 4.78 is 30.8. The zero-order chi connectivity index (χ0) is 21.8. The van der Waals surface area contributed by atoms with Crippen LogP contribution in [0.2, 0.25) is 0 Å². The van der Waals surface area contributed by atoms with Gasteiger partial charge in [-0.1, -0.05) is 48.5 Å². The fourth-order valence-electron chi connectivity index (χ4n) is 2.92. The minimum atomic E-state index is -0.644. The molecule has 0 radical (unpaired) electrons. The molecular formula is C23H27BFNO4. The molecule has 7 heteroatoms. The lowest BCUT2D eigenvalue weighted by Gasteiger charge is -2.32. The first-order valence-corrected chi connectivity index (χ1v) is 9.92. The highest BCUT2D eigenvalue weighted by atomic mass is 19.1. The number of hydrogen-bond acceptors (Lipinski definition) is 4. The number of halogens is 1. The molecule has 0 spiro atoms. The maximum absolute atomic E-state index is 13.3. The van der Waals surface area contributed by atoms with Gasteiger partial charge in [-0.25, -0.2) is 9.18 Å². The van der Waals surface area contributed by atoms with Crippen LogP contribution in [0.1, 0.15) is 38.8 Å². The monoisotopic (exact) mass is 411 g/mol. The van der Waals surface area contributed by atoms with Gasteiger partial charge in [0.25, 0.3) is 0 Å². The molecule has 1 fully saturated rings. The van der Waals surface area contributed by atoms with Crippen molar-refractivity contribution in [1.29, 1.82) is 0 Å². The van der Waals surface area contributed by atoms with Crippen LogP contribution in [0.25, 0.3) is 6.08 Å². The van der Waals surface area contributed by atoms with Crippen molar-refractivity contribution in [2.24, 2.45) is 0 Å². The lowest BCUT2D eigenvalue weighted by molar-refractivity contribution is 0.00578. The minimum Gasteiger partial charge on any atom is -0.445 e. The van der Waals surface area contributed by atoms with Gasteiger partial charge >= 0.3 is 13.2 Å². The van der Waals surface area contributed by atoms with Crippen LogP contribution in [0.3, 0.4) is 0 Å². The topological polar surface area (TPSA) is 56.8 Å². The van der Waals surface area contributed by atoms with Gasteiger partial charge in [0, 0.05) is 6.54 Å². The van der Waals surface area contributed by atoms with E-state index >= 15 is 0 Å². The number of benzene rings is 2. The second-order valence-corrected chi connectivity index (χ2v) is 8.27. The van der Waals surface area contributed by atoms with Crippen molar-refractivity contribution >= 4 is 19.3 Å². The van der Waals surface area contributed by atoms with E-state index in [0.29, 0.717) is 5.47 Å². The van der Waals surface area contributed by atoms with Gasteiger partial charge in [0.1, 0.15) is 12.4 Å². The fourth-order valence-corrected chi connectivity index (χ4v) is 2.92. The highest BCUT2D eigenvalue weighted by molar-refractivity contribution is 6.56. The third kappa shape index (κ3) is 5.49. The Bertz CT molecular complexity index is 881. The quantitative estimate of drug-likeness (QED) is 0.696. The number of amides is 1. The van der Waals surface area contributed by atoms with Crippen molar-refractivity contribution in [2.75, 3.05) is 6.54 Å². The van der Waals surface area contributed by atoms with E-state index in [2.05, 4.69) is 5.32 Å². The predicted molar refractivity (Wildman–Crippen MR) is 115 cm³/mol. The maximum atomic E-state index is 13.3. The number of carbonyl (C=O) groups is 1. The molecule has 1 aliphatic rings. The molecular weight excluding hydrogens is 384 g/mol. The summed E-state index contributed by atoms with van der Waals surface area (Å²) in [5.74, 6) is -0.313. The molecule has 1 amide bonds. The molecule has 0 atom stereocenters. The fraction of sp³-hybridized carbons (Fsp3) is 0.348. The first kappa shape index (κ1) is 22.1. The normalized spacial score (nSPS) is 17.6. The van der Waals surface area contributed by atoms with Gasteiger partial charge in [-0.3, -0.25) is 0 Å². The molecule has 0 aromatic heterocycles. The van der Waals surface area contributed by atoms with Gasteiger partial charge in [0.2, 0.25) is 0 Å². The van der Waals surface area contributed by atoms with E-state index in [1.807, 2.05) is 64.1 Å². The van der Waals surface area contributed by atoms with Crippen LogP contribution >= 0.6 is 0 Å². The van der Waals surface area contributed by atoms with Crippen molar-refractivity contribution in [3.05, 3.63) is 77.0 Å². The van der Waals surface area contributed by atoms with Gasteiger partial charge in [0.15, 0.2) is 0 Å². The molecule has 0 bridgehead atoms. The number of hydrogen-bond donors (Lipinski definition) is 1. The molecule has 1 saturated heterocycles. The summed E-state index contributed by atoms with van der Waals surface area (Å²) in [4.78, 5) is 12.2. The van der Waals surface area contributed by atoms with Gasteiger partial charge in [-0.2, -0.15) is 0 Å². The SMILES string of the molecule is CC1(C)OB(C(=Cc2ccc(F)cc2)CNC(=O)OCc2ccccc2)OC1(C)C. The Kier molecular flexibility index (Phi) is 6.63. The molecule has 0 saturated carbocycles. The van der Waals surface area contributed by atoms with Gasteiger partial charge in [-0.15, -0.1) is 0 Å². The number of nitrogens with one attached hydrogen (secondary N) is 1. The second kappa shape index (κ2) is 9.02. The van der Waals surface area contributed by atoms with Crippen LogP contribution < -0.4 is 5.32 Å². The summed E-state index contributed by atoms with van der Waals surface area (Å²) in [5, 5.41) is 2.75. The highest BCUT2D eigenvalue weighted by Crippen LogP contribution is 2.38. The third-order valence-corrected chi connectivity index (χ3v) is 5.43. The summed E-state index contributed by atoms with van der Waals surface area (Å²) in [6, 6.07) is 15.5. The molecule has 1 aliphatic heterocycles. The molecule has 0 unspecified atom stereocenters. The smallest absolute Gasteiger partial charge is 0.445 e. The summed E-state index contributed by atoms with van der Waals surface area (Å²) in [5.41, 5.74) is 1.35. The average molecular weight is 411 g/mol. The molecule has 5 nitrogen and oxygen atoms in total. The van der Waals surface area contributed by atoms with E-state index in [1.54, 1.807) is 12.1 Å². The van der Waals surface area contributed by atoms with Crippen molar-refractivity contribution in [3.8, 4) is 0 Å². The number of ether oxygens (including phenoxy) is 1. The van der Waals surface area contributed by atoms with Crippen LogP contribution in [-0.4, -0.2) is 31.0 Å². The Hall–Kier alpha value is -2.64. The summed E-state index contributed by atoms with van der Waals surface area (Å²) >= 11 is 0. The average Bonchev–Trinajstić information content (AvgIpc) is 2.93. The maximum Gasteiger partial charge on any atom is 0.492 e. The van der Waals surface area contributed by atoms with Crippen LogP contribution in [0.5, 0.6) is 0 Å². The van der Waals surface area contributed by atoms with E-state index in [9.17, 15) is 9.18 Å². The molecule has 1 heterocycles. The van der Waals surface area contributed by atoms with Crippen LogP contribution in [0, 0.1) is 5.82 Å². The highest BCUT2D eigenvalue weighted by Gasteiger charge is 2.52. The molecule has 3 rings (SSSR count). The molecule has 1 N–H and O–H groups in total. The molecule has 2 aromatic carbocycles. The molecule has 158 valence electrons. The standard InChI is InChI=1S/C23H27BFNO4/c1-22(2)23(3,4)30-24(29-22)19(14-17-10-12-20(25)13-11-17)15-26-21(27)28-16-18-8-6-5-7-9-18/h5-14H,15-16H2,1-4H3,(H,26,27). The minimum absolute atomic E-state index is 0.168. The van der Waals surface area contributed by atoms with Gasteiger partial charge in [0.05, 0.1) is 11.2 Å². The van der Waals surface area contributed by atoms with E-state index in [1.165, 1.54) is 12.1 Å². The Balaban J connectivity index is 1.70. The Labute approximate surface area is 177 Å². The number of rotatable bonds is 6. The lowest BCUT2D eigenvalue weighted by Crippen LogP contribution is -2.41. The van der Waals surface area contributed by atoms with E-state index < -0.39 is 24.4 Å². The van der Waals surface area contributed by atoms with E-state index in [0.717, 1.165) is 11.1 Å². The van der Waals surface area contributed by atoms with Gasteiger partial charge < -0.3 is 19.4 Å². The van der Waals surface area contributed by atoms with Crippen molar-refractivity contribution in [3.63, 3.8) is 0 Å². The largest absolute Gasteiger partial charge is 0.492 e. The van der Waals surface area contributed by atoms with Crippen LogP contribution in [0.4, 0.5) is 9.18 Å². The van der Waals surface area contributed by atoms with Gasteiger partial charge in [-0.05, 0) is 56.4 Å². The number of alkyl carbamates (subject to hydrolysis) is 1. The summed E-state index contributed by atoms with van der Waals surface area (Å²) in [6.45, 7) is 8.20. The molecule has 30 heavy (non-hydrogen) atoms. The Morgan fingerprint density at radius 1 is 1.03 bits per heavy atom. The number of carbonyl (C=O) groups excluding carboxylic acids is 1. The zero-order valence-electron chi connectivity index (χ0n) is 17.8. The lowest BCUT2D eigenvalue weighted by atomic mass is 9.77. The third-order valence-electron chi connectivity index (χ3n) is 5.43. The van der Waals surface area contributed by atoms with Crippen LogP contribution in [0.15, 0.2) is 60.1 Å². The molecule has 2 aromatic rings. The Morgan fingerprint density at radius 3 is 2.23 bits per heavy atom. The second-order valence-electron chi connectivity index (χ2n) is 8.27. The first-order valence-electron chi connectivity index (χ1n) is 9.92. The molecule has 0 aliphatic carbocycles.